The summed E-state index contributed by atoms with van der Waals surface area (Å²) < 4.78 is 10.5. The van der Waals surface area contributed by atoms with Crippen molar-refractivity contribution >= 4 is 23.1 Å². The van der Waals surface area contributed by atoms with Gasteiger partial charge in [0.1, 0.15) is 11.5 Å². The molecule has 7 heteroatoms. The molecule has 0 saturated heterocycles. The van der Waals surface area contributed by atoms with Gasteiger partial charge in [0.15, 0.2) is 5.82 Å². The van der Waals surface area contributed by atoms with Crippen LogP contribution in [0.4, 0.5) is 23.1 Å². The number of nitrogens with one attached hydrogen (secondary N) is 2. The smallest absolute Gasteiger partial charge is 0.249 e. The maximum absolute atomic E-state index is 5.31. The van der Waals surface area contributed by atoms with Crippen LogP contribution in [-0.4, -0.2) is 29.4 Å². The number of benzene rings is 2. The van der Waals surface area contributed by atoms with Crippen LogP contribution >= 0.6 is 0 Å². The molecule has 3 rings (SSSR count). The number of aromatic nitrogens is 3. The summed E-state index contributed by atoms with van der Waals surface area (Å²) in [5.41, 5.74) is 1.61. The summed E-state index contributed by atoms with van der Waals surface area (Å²) in [7, 11) is 3.24. The van der Waals surface area contributed by atoms with Gasteiger partial charge in [-0.2, -0.15) is 10.1 Å². The number of methoxy groups -OCH3 is 2. The second-order valence-electron chi connectivity index (χ2n) is 4.85. The lowest BCUT2D eigenvalue weighted by molar-refractivity contribution is 0.415. The number of hydrogen-bond acceptors (Lipinski definition) is 7. The monoisotopic (exact) mass is 323 g/mol. The van der Waals surface area contributed by atoms with Gasteiger partial charge >= 0.3 is 0 Å². The summed E-state index contributed by atoms with van der Waals surface area (Å²) >= 11 is 0. The fraction of sp³-hybridized carbons (Fsp3) is 0.118. The summed E-state index contributed by atoms with van der Waals surface area (Å²) in [5, 5.41) is 14.2. The van der Waals surface area contributed by atoms with Crippen LogP contribution in [0.2, 0.25) is 0 Å². The quantitative estimate of drug-likeness (QED) is 0.719. The van der Waals surface area contributed by atoms with Crippen LogP contribution in [0, 0.1) is 0 Å². The molecule has 1 heterocycles. The Morgan fingerprint density at radius 2 is 1.79 bits per heavy atom. The third kappa shape index (κ3) is 3.70. The fourth-order valence-electron chi connectivity index (χ4n) is 2.13. The normalized spacial score (nSPS) is 10.1. The van der Waals surface area contributed by atoms with Gasteiger partial charge in [0.05, 0.1) is 26.1 Å². The highest BCUT2D eigenvalue weighted by atomic mass is 16.5. The Kier molecular flexibility index (Phi) is 4.71. The van der Waals surface area contributed by atoms with E-state index in [0.29, 0.717) is 11.8 Å². The van der Waals surface area contributed by atoms with Gasteiger partial charge in [-0.1, -0.05) is 18.2 Å². The number of para-hydroxylation sites is 2. The van der Waals surface area contributed by atoms with E-state index in [1.165, 1.54) is 0 Å². The molecule has 2 aromatic carbocycles. The molecule has 0 saturated carbocycles. The van der Waals surface area contributed by atoms with Crippen molar-refractivity contribution in [3.63, 3.8) is 0 Å². The van der Waals surface area contributed by atoms with Crippen molar-refractivity contribution in [2.24, 2.45) is 0 Å². The molecule has 0 spiro atoms. The molecule has 0 aliphatic rings. The SMILES string of the molecule is COc1cccc(Nc2nncc(Nc3ccccc3OC)n2)c1. The topological polar surface area (TPSA) is 81.2 Å². The van der Waals surface area contributed by atoms with Crippen LogP contribution in [0.1, 0.15) is 0 Å². The fourth-order valence-corrected chi connectivity index (χ4v) is 2.13. The summed E-state index contributed by atoms with van der Waals surface area (Å²) in [6, 6.07) is 15.1. The Morgan fingerprint density at radius 3 is 2.62 bits per heavy atom. The van der Waals surface area contributed by atoms with E-state index in [-0.39, 0.29) is 0 Å². The van der Waals surface area contributed by atoms with Crippen molar-refractivity contribution in [1.29, 1.82) is 0 Å². The van der Waals surface area contributed by atoms with E-state index in [0.717, 1.165) is 22.9 Å². The van der Waals surface area contributed by atoms with Crippen molar-refractivity contribution in [3.8, 4) is 11.5 Å². The highest BCUT2D eigenvalue weighted by molar-refractivity contribution is 5.64. The molecule has 0 aliphatic carbocycles. The van der Waals surface area contributed by atoms with Crippen molar-refractivity contribution in [2.75, 3.05) is 24.9 Å². The molecule has 7 nitrogen and oxygen atoms in total. The molecule has 0 unspecified atom stereocenters. The average Bonchev–Trinajstić information content (AvgIpc) is 2.62. The molecule has 1 aromatic heterocycles. The van der Waals surface area contributed by atoms with Gasteiger partial charge in [-0.05, 0) is 24.3 Å². The van der Waals surface area contributed by atoms with E-state index in [1.807, 2.05) is 48.5 Å². The van der Waals surface area contributed by atoms with Crippen LogP contribution in [0.5, 0.6) is 11.5 Å². The predicted octanol–water partition coefficient (Wildman–Crippen LogP) is 3.38. The Hall–Kier alpha value is -3.35. The van der Waals surface area contributed by atoms with Gasteiger partial charge in [0, 0.05) is 11.8 Å². The zero-order valence-electron chi connectivity index (χ0n) is 13.4. The zero-order valence-corrected chi connectivity index (χ0v) is 13.4. The first kappa shape index (κ1) is 15.5. The second kappa shape index (κ2) is 7.28. The first-order valence-corrected chi connectivity index (χ1v) is 7.29. The Morgan fingerprint density at radius 1 is 0.917 bits per heavy atom. The van der Waals surface area contributed by atoms with Crippen molar-refractivity contribution in [2.45, 2.75) is 0 Å². The van der Waals surface area contributed by atoms with Crippen molar-refractivity contribution < 1.29 is 9.47 Å². The molecule has 0 atom stereocenters. The third-order valence-electron chi connectivity index (χ3n) is 3.25. The van der Waals surface area contributed by atoms with Gasteiger partial charge in [-0.15, -0.1) is 5.10 Å². The summed E-state index contributed by atoms with van der Waals surface area (Å²) in [6.07, 6.45) is 1.54. The predicted molar refractivity (Wildman–Crippen MR) is 92.4 cm³/mol. The average molecular weight is 323 g/mol. The molecule has 0 bridgehead atoms. The summed E-state index contributed by atoms with van der Waals surface area (Å²) in [4.78, 5) is 4.40. The lowest BCUT2D eigenvalue weighted by Gasteiger charge is -2.11. The number of rotatable bonds is 6. The number of nitrogens with zero attached hydrogens (tertiary/aromatic N) is 3. The third-order valence-corrected chi connectivity index (χ3v) is 3.25. The molecule has 0 aliphatic heterocycles. The lowest BCUT2D eigenvalue weighted by atomic mass is 10.3. The first-order chi connectivity index (χ1) is 11.8. The van der Waals surface area contributed by atoms with E-state index in [1.54, 1.807) is 20.4 Å². The van der Waals surface area contributed by atoms with E-state index in [2.05, 4.69) is 25.8 Å². The molecule has 0 radical (unpaired) electrons. The second-order valence-corrected chi connectivity index (χ2v) is 4.85. The van der Waals surface area contributed by atoms with Crippen LogP contribution in [0.15, 0.2) is 54.7 Å². The molecule has 24 heavy (non-hydrogen) atoms. The molecular weight excluding hydrogens is 306 g/mol. The van der Waals surface area contributed by atoms with E-state index >= 15 is 0 Å². The van der Waals surface area contributed by atoms with Gasteiger partial charge in [-0.3, -0.25) is 0 Å². The Bertz CT molecular complexity index is 825. The molecule has 0 amide bonds. The largest absolute Gasteiger partial charge is 0.497 e. The highest BCUT2D eigenvalue weighted by Crippen LogP contribution is 2.26. The molecule has 0 fully saturated rings. The van der Waals surface area contributed by atoms with Gasteiger partial charge in [0.2, 0.25) is 5.95 Å². The minimum Gasteiger partial charge on any atom is -0.497 e. The Balaban J connectivity index is 1.79. The van der Waals surface area contributed by atoms with Crippen molar-refractivity contribution in [1.82, 2.24) is 15.2 Å². The standard InChI is InChI=1S/C17H17N5O2/c1-23-13-7-5-6-12(10-13)19-17-21-16(11-18-22-17)20-14-8-3-4-9-15(14)24-2/h3-11H,1-2H3,(H2,19,20,21,22). The molecule has 122 valence electrons. The summed E-state index contributed by atoms with van der Waals surface area (Å²) in [6.45, 7) is 0. The maximum Gasteiger partial charge on any atom is 0.249 e. The zero-order chi connectivity index (χ0) is 16.8. The number of ether oxygens (including phenoxy) is 2. The number of anilines is 4. The van der Waals surface area contributed by atoms with Gasteiger partial charge in [-0.25, -0.2) is 0 Å². The highest BCUT2D eigenvalue weighted by Gasteiger charge is 2.06. The van der Waals surface area contributed by atoms with E-state index in [9.17, 15) is 0 Å². The van der Waals surface area contributed by atoms with Gasteiger partial charge in [0.25, 0.3) is 0 Å². The summed E-state index contributed by atoms with van der Waals surface area (Å²) in [5.74, 6) is 2.40. The molecular formula is C17H17N5O2. The van der Waals surface area contributed by atoms with Crippen LogP contribution < -0.4 is 20.1 Å². The molecule has 3 aromatic rings. The van der Waals surface area contributed by atoms with Gasteiger partial charge < -0.3 is 20.1 Å². The Labute approximate surface area is 139 Å². The van der Waals surface area contributed by atoms with Crippen LogP contribution in [-0.2, 0) is 0 Å². The lowest BCUT2D eigenvalue weighted by Crippen LogP contribution is -2.03. The molecule has 2 N–H and O–H groups in total. The van der Waals surface area contributed by atoms with E-state index < -0.39 is 0 Å². The van der Waals surface area contributed by atoms with Crippen LogP contribution in [0.3, 0.4) is 0 Å². The minimum absolute atomic E-state index is 0.378. The first-order valence-electron chi connectivity index (χ1n) is 7.29. The maximum atomic E-state index is 5.31. The number of hydrogen-bond donors (Lipinski definition) is 2. The van der Waals surface area contributed by atoms with Crippen molar-refractivity contribution in [3.05, 3.63) is 54.7 Å². The van der Waals surface area contributed by atoms with Crippen LogP contribution in [0.25, 0.3) is 0 Å². The van der Waals surface area contributed by atoms with E-state index in [4.69, 9.17) is 9.47 Å². The minimum atomic E-state index is 0.378.